The molecule has 0 radical (unpaired) electrons. The first-order valence-electron chi connectivity index (χ1n) is 6.32. The molecule has 5 nitrogen and oxygen atoms in total. The Morgan fingerprint density at radius 3 is 2.55 bits per heavy atom. The van der Waals surface area contributed by atoms with Crippen LogP contribution >= 0.6 is 0 Å². The summed E-state index contributed by atoms with van der Waals surface area (Å²) in [6.45, 7) is 5.39. The van der Waals surface area contributed by atoms with Crippen LogP contribution in [0.1, 0.15) is 31.1 Å². The van der Waals surface area contributed by atoms with Crippen LogP contribution in [-0.4, -0.2) is 24.5 Å². The molecule has 1 unspecified atom stereocenters. The summed E-state index contributed by atoms with van der Waals surface area (Å²) in [5, 5.41) is 2.70. The van der Waals surface area contributed by atoms with Gasteiger partial charge in [0.15, 0.2) is 6.61 Å². The average Bonchev–Trinajstić information content (AvgIpc) is 2.39. The zero-order valence-electron chi connectivity index (χ0n) is 11.8. The Kier molecular flexibility index (Phi) is 5.49. The first-order chi connectivity index (χ1) is 9.31. The summed E-state index contributed by atoms with van der Waals surface area (Å²) < 4.78 is 18.0. The normalized spacial score (nSPS) is 12.1. The molecule has 0 aromatic heterocycles. The summed E-state index contributed by atoms with van der Waals surface area (Å²) in [7, 11) is 0. The first kappa shape index (κ1) is 15.9. The molecule has 1 aromatic carbocycles. The van der Waals surface area contributed by atoms with E-state index in [1.165, 1.54) is 12.1 Å². The van der Waals surface area contributed by atoms with Gasteiger partial charge in [0.05, 0.1) is 11.3 Å². The maximum atomic E-state index is 13.2. The van der Waals surface area contributed by atoms with E-state index in [9.17, 15) is 14.0 Å². The van der Waals surface area contributed by atoms with Gasteiger partial charge in [-0.25, -0.2) is 9.18 Å². The van der Waals surface area contributed by atoms with Crippen LogP contribution in [0.15, 0.2) is 18.2 Å². The molecule has 1 rings (SSSR count). The smallest absolute Gasteiger partial charge is 0.338 e. The van der Waals surface area contributed by atoms with Crippen LogP contribution in [0.3, 0.4) is 0 Å². The second-order valence-electron chi connectivity index (χ2n) is 4.91. The highest BCUT2D eigenvalue weighted by atomic mass is 19.1. The van der Waals surface area contributed by atoms with Crippen molar-refractivity contribution in [2.75, 3.05) is 12.3 Å². The number of esters is 1. The molecule has 110 valence electrons. The fourth-order valence-electron chi connectivity index (χ4n) is 1.33. The van der Waals surface area contributed by atoms with Gasteiger partial charge in [-0.1, -0.05) is 13.8 Å². The molecule has 3 N–H and O–H groups in total. The SMILES string of the molecule is CC(C)C(C)NC(=O)COC(=O)c1ccc(N)c(F)c1. The Balaban J connectivity index is 2.51. The highest BCUT2D eigenvalue weighted by Gasteiger charge is 2.14. The molecular weight excluding hydrogens is 263 g/mol. The number of nitrogen functional groups attached to an aromatic ring is 1. The lowest BCUT2D eigenvalue weighted by molar-refractivity contribution is -0.125. The zero-order valence-corrected chi connectivity index (χ0v) is 11.8. The van der Waals surface area contributed by atoms with Crippen molar-refractivity contribution in [3.63, 3.8) is 0 Å². The first-order valence-corrected chi connectivity index (χ1v) is 6.32. The molecule has 0 aliphatic carbocycles. The van der Waals surface area contributed by atoms with E-state index < -0.39 is 24.3 Å². The Hall–Kier alpha value is -2.11. The van der Waals surface area contributed by atoms with Crippen molar-refractivity contribution in [2.45, 2.75) is 26.8 Å². The van der Waals surface area contributed by atoms with E-state index in [1.807, 2.05) is 20.8 Å². The third-order valence-electron chi connectivity index (χ3n) is 2.96. The number of nitrogens with one attached hydrogen (secondary N) is 1. The van der Waals surface area contributed by atoms with Crippen molar-refractivity contribution in [3.05, 3.63) is 29.6 Å². The zero-order chi connectivity index (χ0) is 15.3. The van der Waals surface area contributed by atoms with Gasteiger partial charge in [-0.3, -0.25) is 4.79 Å². The molecule has 0 spiro atoms. The molecule has 0 aliphatic rings. The molecule has 0 bridgehead atoms. The van der Waals surface area contributed by atoms with Gasteiger partial charge in [0.25, 0.3) is 5.91 Å². The predicted octanol–water partition coefficient (Wildman–Crippen LogP) is 1.73. The van der Waals surface area contributed by atoms with Crippen molar-refractivity contribution < 1.29 is 18.7 Å². The van der Waals surface area contributed by atoms with Crippen LogP contribution in [0.25, 0.3) is 0 Å². The van der Waals surface area contributed by atoms with Gasteiger partial charge in [-0.2, -0.15) is 0 Å². The molecule has 0 heterocycles. The van der Waals surface area contributed by atoms with Crippen molar-refractivity contribution in [1.29, 1.82) is 0 Å². The lowest BCUT2D eigenvalue weighted by Gasteiger charge is -2.17. The highest BCUT2D eigenvalue weighted by molar-refractivity contribution is 5.91. The third kappa shape index (κ3) is 4.53. The topological polar surface area (TPSA) is 81.4 Å². The van der Waals surface area contributed by atoms with Crippen molar-refractivity contribution in [1.82, 2.24) is 5.32 Å². The van der Waals surface area contributed by atoms with Crippen molar-refractivity contribution >= 4 is 17.6 Å². The van der Waals surface area contributed by atoms with Gasteiger partial charge in [-0.15, -0.1) is 0 Å². The molecule has 6 heteroatoms. The number of hydrogen-bond donors (Lipinski definition) is 2. The largest absolute Gasteiger partial charge is 0.452 e. The molecule has 20 heavy (non-hydrogen) atoms. The molecule has 0 saturated heterocycles. The number of rotatable bonds is 5. The van der Waals surface area contributed by atoms with Gasteiger partial charge in [0.2, 0.25) is 0 Å². The summed E-state index contributed by atoms with van der Waals surface area (Å²) in [5.41, 5.74) is 5.27. The Morgan fingerprint density at radius 1 is 1.35 bits per heavy atom. The predicted molar refractivity (Wildman–Crippen MR) is 73.5 cm³/mol. The van der Waals surface area contributed by atoms with E-state index in [-0.39, 0.29) is 23.2 Å². The molecule has 1 atom stereocenters. The Morgan fingerprint density at radius 2 is 2.00 bits per heavy atom. The van der Waals surface area contributed by atoms with E-state index in [4.69, 9.17) is 10.5 Å². The number of nitrogens with two attached hydrogens (primary N) is 1. The van der Waals surface area contributed by atoms with E-state index in [2.05, 4.69) is 5.32 Å². The van der Waals surface area contributed by atoms with Gasteiger partial charge in [0.1, 0.15) is 5.82 Å². The van der Waals surface area contributed by atoms with E-state index in [0.717, 1.165) is 6.07 Å². The number of anilines is 1. The van der Waals surface area contributed by atoms with Gasteiger partial charge >= 0.3 is 5.97 Å². The summed E-state index contributed by atoms with van der Waals surface area (Å²) in [6.07, 6.45) is 0. The minimum Gasteiger partial charge on any atom is -0.452 e. The maximum Gasteiger partial charge on any atom is 0.338 e. The number of benzene rings is 1. The van der Waals surface area contributed by atoms with Crippen LogP contribution in [0, 0.1) is 11.7 Å². The maximum absolute atomic E-state index is 13.2. The Labute approximate surface area is 117 Å². The van der Waals surface area contributed by atoms with Crippen LogP contribution < -0.4 is 11.1 Å². The van der Waals surface area contributed by atoms with Gasteiger partial charge in [0, 0.05) is 6.04 Å². The fraction of sp³-hybridized carbons (Fsp3) is 0.429. The monoisotopic (exact) mass is 282 g/mol. The molecule has 0 saturated carbocycles. The van der Waals surface area contributed by atoms with Crippen molar-refractivity contribution in [2.24, 2.45) is 5.92 Å². The lowest BCUT2D eigenvalue weighted by atomic mass is 10.1. The number of amides is 1. The van der Waals surface area contributed by atoms with Crippen LogP contribution in [0.4, 0.5) is 10.1 Å². The van der Waals surface area contributed by atoms with E-state index in [1.54, 1.807) is 0 Å². The molecule has 0 fully saturated rings. The van der Waals surface area contributed by atoms with Crippen molar-refractivity contribution in [3.8, 4) is 0 Å². The second kappa shape index (κ2) is 6.88. The number of carbonyl (C=O) groups is 2. The summed E-state index contributed by atoms with van der Waals surface area (Å²) in [5.74, 6) is -1.58. The van der Waals surface area contributed by atoms with Crippen LogP contribution in [0.2, 0.25) is 0 Å². The summed E-state index contributed by atoms with van der Waals surface area (Å²) in [6, 6.07) is 3.57. The molecule has 1 amide bonds. The minimum atomic E-state index is -0.767. The van der Waals surface area contributed by atoms with E-state index >= 15 is 0 Å². The number of hydrogen-bond acceptors (Lipinski definition) is 4. The van der Waals surface area contributed by atoms with E-state index in [0.29, 0.717) is 0 Å². The molecule has 1 aromatic rings. The van der Waals surface area contributed by atoms with Crippen LogP contribution in [0.5, 0.6) is 0 Å². The van der Waals surface area contributed by atoms with Gasteiger partial charge < -0.3 is 15.8 Å². The third-order valence-corrected chi connectivity index (χ3v) is 2.96. The average molecular weight is 282 g/mol. The standard InChI is InChI=1S/C14H19FN2O3/c1-8(2)9(3)17-13(18)7-20-14(19)10-4-5-12(16)11(15)6-10/h4-6,8-9H,7,16H2,1-3H3,(H,17,18). The number of ether oxygens (including phenoxy) is 1. The molecule has 0 aliphatic heterocycles. The minimum absolute atomic E-state index is 0.0152. The summed E-state index contributed by atoms with van der Waals surface area (Å²) in [4.78, 5) is 23.2. The van der Waals surface area contributed by atoms with Crippen LogP contribution in [-0.2, 0) is 9.53 Å². The number of carbonyl (C=O) groups excluding carboxylic acids is 2. The summed E-state index contributed by atoms with van der Waals surface area (Å²) >= 11 is 0. The number of halogens is 1. The Bertz CT molecular complexity index is 503. The fourth-order valence-corrected chi connectivity index (χ4v) is 1.33. The quantitative estimate of drug-likeness (QED) is 0.636. The van der Waals surface area contributed by atoms with Gasteiger partial charge in [-0.05, 0) is 31.0 Å². The highest BCUT2D eigenvalue weighted by Crippen LogP contribution is 2.12. The lowest BCUT2D eigenvalue weighted by Crippen LogP contribution is -2.38. The second-order valence-corrected chi connectivity index (χ2v) is 4.91. The molecular formula is C14H19FN2O3.